The molecule has 3 fully saturated rings. The Morgan fingerprint density at radius 1 is 1.21 bits per heavy atom. The molecular formula is C26H42O2. The van der Waals surface area contributed by atoms with E-state index in [1.54, 1.807) is 5.57 Å². The molecule has 2 nitrogen and oxygen atoms in total. The van der Waals surface area contributed by atoms with E-state index in [-0.39, 0.29) is 6.10 Å². The largest absolute Gasteiger partial charge is 0.393 e. The van der Waals surface area contributed by atoms with Crippen molar-refractivity contribution < 1.29 is 10.2 Å². The van der Waals surface area contributed by atoms with Gasteiger partial charge in [0.15, 0.2) is 0 Å². The number of hydrogen-bond acceptors (Lipinski definition) is 2. The maximum absolute atomic E-state index is 10.1. The highest BCUT2D eigenvalue weighted by atomic mass is 16.3. The molecule has 0 unspecified atom stereocenters. The lowest BCUT2D eigenvalue weighted by molar-refractivity contribution is 0.0461. The second kappa shape index (κ2) is 8.48. The fourth-order valence-corrected chi connectivity index (χ4v) is 6.39. The summed E-state index contributed by atoms with van der Waals surface area (Å²) in [5, 5.41) is 20.2. The second-order valence-corrected chi connectivity index (χ2v) is 10.9. The third-order valence-corrected chi connectivity index (χ3v) is 8.12. The summed E-state index contributed by atoms with van der Waals surface area (Å²) >= 11 is 0. The van der Waals surface area contributed by atoms with Crippen molar-refractivity contribution in [3.63, 3.8) is 0 Å². The van der Waals surface area contributed by atoms with Gasteiger partial charge in [0.1, 0.15) is 0 Å². The number of allylic oxidation sites excluding steroid dienone is 4. The van der Waals surface area contributed by atoms with Crippen molar-refractivity contribution in [2.24, 2.45) is 23.2 Å². The first-order valence-corrected chi connectivity index (χ1v) is 11.6. The molecule has 0 bridgehead atoms. The van der Waals surface area contributed by atoms with E-state index in [1.165, 1.54) is 43.3 Å². The summed E-state index contributed by atoms with van der Waals surface area (Å²) in [5.74, 6) is 2.14. The smallest absolute Gasteiger partial charge is 0.0591 e. The van der Waals surface area contributed by atoms with Crippen LogP contribution in [0.25, 0.3) is 0 Å². The van der Waals surface area contributed by atoms with Gasteiger partial charge in [-0.1, -0.05) is 43.7 Å². The summed E-state index contributed by atoms with van der Waals surface area (Å²) < 4.78 is 0. The third kappa shape index (κ3) is 4.82. The lowest BCUT2D eigenvalue weighted by Crippen LogP contribution is -2.36. The molecular weight excluding hydrogens is 344 g/mol. The maximum Gasteiger partial charge on any atom is 0.0591 e. The Labute approximate surface area is 172 Å². The summed E-state index contributed by atoms with van der Waals surface area (Å²) in [5.41, 5.74) is 3.96. The Morgan fingerprint density at radius 2 is 1.96 bits per heavy atom. The summed E-state index contributed by atoms with van der Waals surface area (Å²) in [7, 11) is 0. The Balaban J connectivity index is 1.73. The van der Waals surface area contributed by atoms with Crippen LogP contribution in [0.1, 0.15) is 91.9 Å². The number of aliphatic hydroxyl groups excluding tert-OH is 1. The summed E-state index contributed by atoms with van der Waals surface area (Å²) in [6, 6.07) is 0. The first-order valence-electron chi connectivity index (χ1n) is 11.6. The monoisotopic (exact) mass is 386 g/mol. The number of fused-ring (bicyclic) bond motifs is 1. The molecule has 0 aromatic carbocycles. The van der Waals surface area contributed by atoms with Crippen LogP contribution in [0.2, 0.25) is 0 Å². The van der Waals surface area contributed by atoms with Gasteiger partial charge in [0, 0.05) is 0 Å². The van der Waals surface area contributed by atoms with Crippen LogP contribution in [0.4, 0.5) is 0 Å². The Kier molecular flexibility index (Phi) is 6.61. The minimum Gasteiger partial charge on any atom is -0.393 e. The molecule has 0 aromatic rings. The molecule has 3 saturated carbocycles. The van der Waals surface area contributed by atoms with Crippen LogP contribution in [0.3, 0.4) is 0 Å². The van der Waals surface area contributed by atoms with Crippen molar-refractivity contribution in [1.29, 1.82) is 0 Å². The van der Waals surface area contributed by atoms with Crippen molar-refractivity contribution in [2.45, 2.75) is 104 Å². The molecule has 0 heterocycles. The topological polar surface area (TPSA) is 40.5 Å². The minimum atomic E-state index is -0.552. The van der Waals surface area contributed by atoms with Gasteiger partial charge in [-0.05, 0) is 107 Å². The van der Waals surface area contributed by atoms with Gasteiger partial charge in [-0.25, -0.2) is 0 Å². The van der Waals surface area contributed by atoms with Crippen LogP contribution in [-0.4, -0.2) is 21.9 Å². The van der Waals surface area contributed by atoms with E-state index in [0.29, 0.717) is 17.3 Å². The van der Waals surface area contributed by atoms with Crippen molar-refractivity contribution in [3.8, 4) is 0 Å². The van der Waals surface area contributed by atoms with E-state index in [9.17, 15) is 10.2 Å². The number of rotatable bonds is 5. The predicted molar refractivity (Wildman–Crippen MR) is 118 cm³/mol. The fourth-order valence-electron chi connectivity index (χ4n) is 6.39. The van der Waals surface area contributed by atoms with Gasteiger partial charge < -0.3 is 10.2 Å². The SMILES string of the molecule is C=C1CC[C@H](O)C/C1=C\C=C1/CCC[C@]2(C)[C@@H]([C@H](C)CCC(C)(C)O)CC[C@@H]12. The molecule has 5 atom stereocenters. The highest BCUT2D eigenvalue weighted by Crippen LogP contribution is 2.60. The van der Waals surface area contributed by atoms with E-state index >= 15 is 0 Å². The van der Waals surface area contributed by atoms with Gasteiger partial charge in [-0.3, -0.25) is 0 Å². The van der Waals surface area contributed by atoms with E-state index in [1.807, 2.05) is 13.8 Å². The number of hydrogen-bond donors (Lipinski definition) is 2. The zero-order valence-electron chi connectivity index (χ0n) is 18.6. The molecule has 2 N–H and O–H groups in total. The van der Waals surface area contributed by atoms with Crippen LogP contribution in [0, 0.1) is 23.2 Å². The molecule has 3 aliphatic carbocycles. The molecule has 158 valence electrons. The van der Waals surface area contributed by atoms with E-state index in [0.717, 1.165) is 38.0 Å². The van der Waals surface area contributed by atoms with Crippen molar-refractivity contribution in [3.05, 3.63) is 35.5 Å². The van der Waals surface area contributed by atoms with Gasteiger partial charge in [0.2, 0.25) is 0 Å². The van der Waals surface area contributed by atoms with E-state index < -0.39 is 5.60 Å². The van der Waals surface area contributed by atoms with Crippen LogP contribution in [0.5, 0.6) is 0 Å². The van der Waals surface area contributed by atoms with Gasteiger partial charge in [-0.15, -0.1) is 0 Å². The van der Waals surface area contributed by atoms with Gasteiger partial charge in [-0.2, -0.15) is 0 Å². The molecule has 3 rings (SSSR count). The van der Waals surface area contributed by atoms with Crippen molar-refractivity contribution in [1.82, 2.24) is 0 Å². The van der Waals surface area contributed by atoms with Gasteiger partial charge in [0.25, 0.3) is 0 Å². The minimum absolute atomic E-state index is 0.195. The zero-order valence-corrected chi connectivity index (χ0v) is 18.6. The average Bonchev–Trinajstić information content (AvgIpc) is 2.97. The quantitative estimate of drug-likeness (QED) is 0.578. The van der Waals surface area contributed by atoms with Crippen LogP contribution < -0.4 is 0 Å². The molecule has 28 heavy (non-hydrogen) atoms. The molecule has 0 spiro atoms. The number of aliphatic hydroxyl groups is 2. The predicted octanol–water partition coefficient (Wildman–Crippen LogP) is 6.34. The summed E-state index contributed by atoms with van der Waals surface area (Å²) in [6.45, 7) is 13.0. The lowest BCUT2D eigenvalue weighted by Gasteiger charge is -2.44. The lowest BCUT2D eigenvalue weighted by atomic mass is 9.60. The Hall–Kier alpha value is -0.860. The molecule has 0 radical (unpaired) electrons. The molecule has 0 saturated heterocycles. The molecule has 2 heteroatoms. The first kappa shape index (κ1) is 21.8. The zero-order chi connectivity index (χ0) is 20.5. The van der Waals surface area contributed by atoms with Gasteiger partial charge >= 0.3 is 0 Å². The highest BCUT2D eigenvalue weighted by molar-refractivity contribution is 5.36. The van der Waals surface area contributed by atoms with E-state index in [2.05, 4.69) is 32.6 Å². The molecule has 0 aromatic heterocycles. The van der Waals surface area contributed by atoms with Crippen LogP contribution in [0.15, 0.2) is 35.5 Å². The Bertz CT molecular complexity index is 635. The van der Waals surface area contributed by atoms with Gasteiger partial charge in [0.05, 0.1) is 11.7 Å². The normalized spacial score (nSPS) is 38.1. The standard InChI is InChI=1S/C26H42O2/c1-18-8-11-22(27)17-21(18)10-9-20-7-6-15-26(5)23(12-13-24(20)26)19(2)14-16-25(3,4)28/h9-10,19,22-24,27-28H,1,6-8,11-17H2,2-5H3/b20-9+,21-10+/t19-,22+,23-,24+,26-/m1/s1. The molecule has 0 aliphatic heterocycles. The first-order chi connectivity index (χ1) is 13.1. The highest BCUT2D eigenvalue weighted by Gasteiger charge is 2.50. The van der Waals surface area contributed by atoms with Crippen molar-refractivity contribution >= 4 is 0 Å². The maximum atomic E-state index is 10.1. The molecule has 0 amide bonds. The van der Waals surface area contributed by atoms with Crippen LogP contribution >= 0.6 is 0 Å². The second-order valence-electron chi connectivity index (χ2n) is 10.9. The Morgan fingerprint density at radius 3 is 2.68 bits per heavy atom. The molecule has 3 aliphatic rings. The summed E-state index contributed by atoms with van der Waals surface area (Å²) in [4.78, 5) is 0. The fraction of sp³-hybridized carbons (Fsp3) is 0.769. The van der Waals surface area contributed by atoms with Crippen molar-refractivity contribution in [2.75, 3.05) is 0 Å². The van der Waals surface area contributed by atoms with E-state index in [4.69, 9.17) is 0 Å². The third-order valence-electron chi connectivity index (χ3n) is 8.12. The van der Waals surface area contributed by atoms with Crippen LogP contribution in [-0.2, 0) is 0 Å². The summed E-state index contributed by atoms with van der Waals surface area (Å²) in [6.07, 6.45) is 15.5. The average molecular weight is 387 g/mol.